The average molecular weight is 252 g/mol. The van der Waals surface area contributed by atoms with E-state index in [4.69, 9.17) is 5.73 Å². The Morgan fingerprint density at radius 2 is 1.89 bits per heavy atom. The van der Waals surface area contributed by atoms with Gasteiger partial charge in [0.1, 0.15) is 0 Å². The second-order valence-corrected chi connectivity index (χ2v) is 4.57. The van der Waals surface area contributed by atoms with Crippen LogP contribution in [0.3, 0.4) is 0 Å². The molecule has 4 heteroatoms. The molecule has 1 aliphatic carbocycles. The third kappa shape index (κ3) is 3.15. The summed E-state index contributed by atoms with van der Waals surface area (Å²) in [5.74, 6) is 0. The van der Waals surface area contributed by atoms with Crippen molar-refractivity contribution in [3.05, 3.63) is 47.5 Å². The fraction of sp³-hybridized carbons (Fsp3) is 0.429. The van der Waals surface area contributed by atoms with Crippen LogP contribution in [0.25, 0.3) is 0 Å². The van der Waals surface area contributed by atoms with Crippen molar-refractivity contribution in [2.45, 2.75) is 31.4 Å². The summed E-state index contributed by atoms with van der Waals surface area (Å²) in [6, 6.07) is 6.80. The Labute approximate surface area is 106 Å². The number of benzene rings is 1. The van der Waals surface area contributed by atoms with Gasteiger partial charge in [0.2, 0.25) is 0 Å². The number of halogens is 2. The van der Waals surface area contributed by atoms with Crippen LogP contribution in [0.2, 0.25) is 0 Å². The third-order valence-electron chi connectivity index (χ3n) is 3.25. The Morgan fingerprint density at radius 1 is 1.22 bits per heavy atom. The van der Waals surface area contributed by atoms with Gasteiger partial charge in [-0.2, -0.15) is 0 Å². The molecule has 1 aromatic carbocycles. The van der Waals surface area contributed by atoms with Crippen molar-refractivity contribution in [2.24, 2.45) is 5.73 Å². The first kappa shape index (κ1) is 13.2. The lowest BCUT2D eigenvalue weighted by atomic mass is 10.0. The normalized spacial score (nSPS) is 17.6. The maximum Gasteiger partial charge on any atom is 0.263 e. The fourth-order valence-electron chi connectivity index (χ4n) is 2.25. The fourth-order valence-corrected chi connectivity index (χ4v) is 2.25. The number of rotatable bonds is 5. The van der Waals surface area contributed by atoms with Gasteiger partial charge in [-0.15, -0.1) is 0 Å². The highest BCUT2D eigenvalue weighted by atomic mass is 19.3. The van der Waals surface area contributed by atoms with Crippen molar-refractivity contribution in [1.29, 1.82) is 0 Å². The molecule has 18 heavy (non-hydrogen) atoms. The zero-order chi connectivity index (χ0) is 13.0. The summed E-state index contributed by atoms with van der Waals surface area (Å²) in [5, 5.41) is 3.42. The zero-order valence-electron chi connectivity index (χ0n) is 10.2. The quantitative estimate of drug-likeness (QED) is 0.791. The van der Waals surface area contributed by atoms with Crippen LogP contribution in [0.4, 0.5) is 8.78 Å². The molecule has 2 nitrogen and oxygen atoms in total. The summed E-state index contributed by atoms with van der Waals surface area (Å²) in [7, 11) is 0. The van der Waals surface area contributed by atoms with Crippen LogP contribution in [0.1, 0.15) is 36.4 Å². The number of nitrogens with two attached hydrogens (primary N) is 1. The van der Waals surface area contributed by atoms with Crippen LogP contribution in [-0.2, 0) is 0 Å². The van der Waals surface area contributed by atoms with Crippen LogP contribution >= 0.6 is 0 Å². The summed E-state index contributed by atoms with van der Waals surface area (Å²) >= 11 is 0. The van der Waals surface area contributed by atoms with Gasteiger partial charge in [0, 0.05) is 24.2 Å². The Morgan fingerprint density at radius 3 is 2.50 bits per heavy atom. The molecule has 0 saturated heterocycles. The molecule has 3 N–H and O–H groups in total. The van der Waals surface area contributed by atoms with Crippen LogP contribution in [-0.4, -0.2) is 12.6 Å². The van der Waals surface area contributed by atoms with E-state index >= 15 is 0 Å². The molecule has 0 spiro atoms. The molecule has 0 radical (unpaired) electrons. The van der Waals surface area contributed by atoms with E-state index in [0.717, 1.165) is 18.4 Å². The molecule has 98 valence electrons. The summed E-state index contributed by atoms with van der Waals surface area (Å²) in [6.07, 6.45) is 3.77. The number of nitrogens with one attached hydrogen (secondary N) is 1. The van der Waals surface area contributed by atoms with Crippen molar-refractivity contribution < 1.29 is 8.78 Å². The second-order valence-electron chi connectivity index (χ2n) is 4.57. The Kier molecular flexibility index (Phi) is 4.44. The molecule has 0 fully saturated rings. The number of hydrogen-bond acceptors (Lipinski definition) is 2. The highest BCUT2D eigenvalue weighted by molar-refractivity contribution is 5.27. The van der Waals surface area contributed by atoms with Crippen molar-refractivity contribution in [2.75, 3.05) is 6.54 Å². The van der Waals surface area contributed by atoms with Gasteiger partial charge in [0.05, 0.1) is 0 Å². The number of alkyl halides is 2. The Balaban J connectivity index is 2.08. The zero-order valence-corrected chi connectivity index (χ0v) is 10.2. The molecule has 0 aliphatic heterocycles. The molecule has 0 bridgehead atoms. The molecule has 2 rings (SSSR count). The van der Waals surface area contributed by atoms with Gasteiger partial charge < -0.3 is 11.1 Å². The van der Waals surface area contributed by atoms with Crippen molar-refractivity contribution >= 4 is 0 Å². The van der Waals surface area contributed by atoms with E-state index in [2.05, 4.69) is 17.5 Å². The minimum Gasteiger partial charge on any atom is -0.329 e. The van der Waals surface area contributed by atoms with Crippen LogP contribution in [0.15, 0.2) is 36.4 Å². The first-order valence-corrected chi connectivity index (χ1v) is 6.20. The van der Waals surface area contributed by atoms with E-state index in [9.17, 15) is 8.78 Å². The van der Waals surface area contributed by atoms with Crippen molar-refractivity contribution in [3.8, 4) is 0 Å². The smallest absolute Gasteiger partial charge is 0.263 e. The molecule has 0 saturated carbocycles. The maximum absolute atomic E-state index is 12.7. The SMILES string of the molecule is NCC(NC1CC=CC1)c1cccc(C(F)F)c1. The average Bonchev–Trinajstić information content (AvgIpc) is 2.89. The molecular weight excluding hydrogens is 234 g/mol. The maximum atomic E-state index is 12.7. The van der Waals surface area contributed by atoms with Gasteiger partial charge in [0.15, 0.2) is 0 Å². The van der Waals surface area contributed by atoms with Gasteiger partial charge in [-0.1, -0.05) is 30.4 Å². The van der Waals surface area contributed by atoms with Crippen LogP contribution in [0.5, 0.6) is 0 Å². The lowest BCUT2D eigenvalue weighted by molar-refractivity contribution is 0.151. The van der Waals surface area contributed by atoms with E-state index in [1.54, 1.807) is 6.07 Å². The first-order valence-electron chi connectivity index (χ1n) is 6.20. The molecule has 0 heterocycles. The summed E-state index contributed by atoms with van der Waals surface area (Å²) in [6.45, 7) is 0.406. The van der Waals surface area contributed by atoms with Crippen molar-refractivity contribution in [3.63, 3.8) is 0 Å². The van der Waals surface area contributed by atoms with Gasteiger partial charge in [-0.3, -0.25) is 0 Å². The molecule has 0 amide bonds. The predicted octanol–water partition coefficient (Wildman–Crippen LogP) is 2.93. The Bertz CT molecular complexity index is 410. The van der Waals surface area contributed by atoms with Gasteiger partial charge in [-0.05, 0) is 24.5 Å². The van der Waals surface area contributed by atoms with E-state index < -0.39 is 6.43 Å². The van der Waals surface area contributed by atoms with E-state index in [1.165, 1.54) is 12.1 Å². The first-order chi connectivity index (χ1) is 8.70. The highest BCUT2D eigenvalue weighted by Crippen LogP contribution is 2.23. The molecule has 1 atom stereocenters. The van der Waals surface area contributed by atoms with Gasteiger partial charge in [0.25, 0.3) is 6.43 Å². The van der Waals surface area contributed by atoms with Crippen LogP contribution in [0, 0.1) is 0 Å². The minimum absolute atomic E-state index is 0.0531. The molecule has 0 aromatic heterocycles. The molecule has 1 unspecified atom stereocenters. The van der Waals surface area contributed by atoms with E-state index in [0.29, 0.717) is 12.6 Å². The molecule has 1 aromatic rings. The van der Waals surface area contributed by atoms with E-state index in [1.807, 2.05) is 6.07 Å². The van der Waals surface area contributed by atoms with Crippen LogP contribution < -0.4 is 11.1 Å². The molecule has 1 aliphatic rings. The number of hydrogen-bond donors (Lipinski definition) is 2. The highest BCUT2D eigenvalue weighted by Gasteiger charge is 2.17. The summed E-state index contributed by atoms with van der Waals surface area (Å²) in [4.78, 5) is 0. The van der Waals surface area contributed by atoms with E-state index in [-0.39, 0.29) is 11.6 Å². The largest absolute Gasteiger partial charge is 0.329 e. The predicted molar refractivity (Wildman–Crippen MR) is 68.5 cm³/mol. The minimum atomic E-state index is -2.43. The second kappa shape index (κ2) is 6.07. The summed E-state index contributed by atoms with van der Waals surface area (Å²) in [5.41, 5.74) is 6.63. The van der Waals surface area contributed by atoms with Gasteiger partial charge in [-0.25, -0.2) is 8.78 Å². The Hall–Kier alpha value is -1.26. The van der Waals surface area contributed by atoms with Crippen molar-refractivity contribution in [1.82, 2.24) is 5.32 Å². The van der Waals surface area contributed by atoms with Gasteiger partial charge >= 0.3 is 0 Å². The third-order valence-corrected chi connectivity index (χ3v) is 3.25. The summed E-state index contributed by atoms with van der Waals surface area (Å²) < 4.78 is 25.3. The lowest BCUT2D eigenvalue weighted by Crippen LogP contribution is -2.35. The standard InChI is InChI=1S/C14H18F2N2/c15-14(16)11-5-3-4-10(8-11)13(9-17)18-12-6-1-2-7-12/h1-5,8,12-14,18H,6-7,9,17H2. The molecular formula is C14H18F2N2. The lowest BCUT2D eigenvalue weighted by Gasteiger charge is -2.22. The topological polar surface area (TPSA) is 38.0 Å². The monoisotopic (exact) mass is 252 g/mol.